The average Bonchev–Trinajstić information content (AvgIpc) is 3.99. The lowest BCUT2D eigenvalue weighted by atomic mass is 9.82. The molecule has 21 heteroatoms. The van der Waals surface area contributed by atoms with Crippen molar-refractivity contribution in [1.29, 1.82) is 0 Å². The van der Waals surface area contributed by atoms with Crippen molar-refractivity contribution in [1.82, 2.24) is 4.98 Å². The summed E-state index contributed by atoms with van der Waals surface area (Å²) >= 11 is 1.19. The Balaban J connectivity index is 0.857. The van der Waals surface area contributed by atoms with Gasteiger partial charge in [0, 0.05) is 30.7 Å². The van der Waals surface area contributed by atoms with Crippen molar-refractivity contribution in [2.75, 3.05) is 33.0 Å². The lowest BCUT2D eigenvalue weighted by molar-refractivity contribution is -0.384. The molecule has 0 amide bonds. The maximum absolute atomic E-state index is 13.7. The normalized spacial score (nSPS) is 16.8. The van der Waals surface area contributed by atoms with Crippen molar-refractivity contribution in [3.63, 3.8) is 0 Å². The van der Waals surface area contributed by atoms with Gasteiger partial charge in [0.1, 0.15) is 28.5 Å². The minimum absolute atomic E-state index is 0.0496. The molecule has 0 bridgehead atoms. The van der Waals surface area contributed by atoms with E-state index >= 15 is 0 Å². The fourth-order valence-electron chi connectivity index (χ4n) is 9.35. The highest BCUT2D eigenvalue weighted by molar-refractivity contribution is 7.22. The van der Waals surface area contributed by atoms with Crippen LogP contribution in [0.25, 0.3) is 10.2 Å². The van der Waals surface area contributed by atoms with Crippen LogP contribution in [0.3, 0.4) is 0 Å². The standard InChI is InChI=1S/C61H68N4O16S/c1-3-53(66)76-38-11-7-5-9-36-74-48-26-30-50(31-27-48)79-58(69)43-15-13-42(14-16-43)57(68)78-40-35-41-21-34-52(55-56(41)82-61(62-55)64-63-46-22-24-47(25-23-46)65(72)73)81-60(71)45-19-17-44(18-20-45)59(70)80-51-32-28-49(29-33-51)75-37-10-6-8-12-39-77-54(67)4-2/h3-4,21-34,42-45H,1-2,5-20,35-40H2/b64-63-. The molecule has 20 nitrogen and oxygen atoms in total. The minimum Gasteiger partial charge on any atom is -0.494 e. The third-order valence-electron chi connectivity index (χ3n) is 14.0. The molecule has 1 aromatic heterocycles. The predicted molar refractivity (Wildman–Crippen MR) is 302 cm³/mol. The summed E-state index contributed by atoms with van der Waals surface area (Å²) in [7, 11) is 0. The Morgan fingerprint density at radius 2 is 0.963 bits per heavy atom. The fourth-order valence-corrected chi connectivity index (χ4v) is 10.3. The first-order valence-corrected chi connectivity index (χ1v) is 28.6. The number of rotatable bonds is 31. The van der Waals surface area contributed by atoms with Crippen LogP contribution >= 0.6 is 11.3 Å². The molecule has 7 rings (SSSR count). The van der Waals surface area contributed by atoms with E-state index in [1.165, 1.54) is 35.6 Å². The molecule has 2 aliphatic carbocycles. The van der Waals surface area contributed by atoms with Gasteiger partial charge in [0.2, 0.25) is 5.13 Å². The molecule has 0 radical (unpaired) electrons. The zero-order chi connectivity index (χ0) is 58.1. The first-order chi connectivity index (χ1) is 39.8. The van der Waals surface area contributed by atoms with Crippen LogP contribution in [0.2, 0.25) is 0 Å². The van der Waals surface area contributed by atoms with E-state index in [4.69, 9.17) is 37.9 Å². The SMILES string of the molecule is C=CC(=O)OCCCCCCOc1ccc(OC(=O)C2CCC(C(=O)OCCc3ccc(OC(=O)C4CCC(C(=O)Oc5ccc(OCCCCCCOC(=O)C=C)cc5)CC4)c4nc(/N=N\c5ccc([N+](=O)[O-])cc5)sc34)CC2)cc1. The van der Waals surface area contributed by atoms with Crippen LogP contribution in [0, 0.1) is 33.8 Å². The smallest absolute Gasteiger partial charge is 0.330 e. The average molecular weight is 1150 g/mol. The highest BCUT2D eigenvalue weighted by Gasteiger charge is 2.34. The van der Waals surface area contributed by atoms with Gasteiger partial charge in [-0.3, -0.25) is 29.3 Å². The van der Waals surface area contributed by atoms with Gasteiger partial charge in [0.25, 0.3) is 5.69 Å². The highest BCUT2D eigenvalue weighted by atomic mass is 32.1. The third-order valence-corrected chi connectivity index (χ3v) is 15.0. The van der Waals surface area contributed by atoms with Crippen molar-refractivity contribution < 1.29 is 71.6 Å². The minimum atomic E-state index is -0.511. The molecule has 2 aliphatic rings. The topological polar surface area (TPSA) is 257 Å². The van der Waals surface area contributed by atoms with Crippen molar-refractivity contribution in [2.45, 2.75) is 109 Å². The summed E-state index contributed by atoms with van der Waals surface area (Å²) in [6, 6.07) is 22.7. The van der Waals surface area contributed by atoms with E-state index in [0.29, 0.717) is 123 Å². The number of aromatic nitrogens is 1. The summed E-state index contributed by atoms with van der Waals surface area (Å²) < 4.78 is 45.4. The summed E-state index contributed by atoms with van der Waals surface area (Å²) in [5, 5.41) is 19.9. The Kier molecular flexibility index (Phi) is 24.1. The van der Waals surface area contributed by atoms with Crippen LogP contribution in [0.4, 0.5) is 16.5 Å². The Labute approximate surface area is 479 Å². The van der Waals surface area contributed by atoms with Crippen LogP contribution in [0.15, 0.2) is 120 Å². The van der Waals surface area contributed by atoms with Gasteiger partial charge >= 0.3 is 35.8 Å². The Morgan fingerprint density at radius 1 is 0.524 bits per heavy atom. The van der Waals surface area contributed by atoms with Gasteiger partial charge in [0.15, 0.2) is 5.75 Å². The summed E-state index contributed by atoms with van der Waals surface area (Å²) in [4.78, 5) is 91.0. The van der Waals surface area contributed by atoms with Gasteiger partial charge in [-0.05, 0) is 175 Å². The number of esters is 6. The van der Waals surface area contributed by atoms with Gasteiger partial charge in [-0.15, -0.1) is 10.2 Å². The van der Waals surface area contributed by atoms with Crippen molar-refractivity contribution in [3.05, 3.63) is 126 Å². The summed E-state index contributed by atoms with van der Waals surface area (Å²) in [6.07, 6.45) is 13.0. The molecule has 82 heavy (non-hydrogen) atoms. The zero-order valence-electron chi connectivity index (χ0n) is 45.7. The lowest BCUT2D eigenvalue weighted by Crippen LogP contribution is -2.30. The molecule has 0 aliphatic heterocycles. The fraction of sp³-hybridized carbons (Fsp3) is 0.426. The number of carbonyl (C=O) groups excluding carboxylic acids is 6. The van der Waals surface area contributed by atoms with Gasteiger partial charge in [-0.1, -0.05) is 30.6 Å². The van der Waals surface area contributed by atoms with E-state index in [0.717, 1.165) is 69.1 Å². The molecular formula is C61H68N4O16S. The number of azo groups is 1. The van der Waals surface area contributed by atoms with Gasteiger partial charge in [0.05, 0.1) is 72.0 Å². The van der Waals surface area contributed by atoms with E-state index < -0.39 is 34.7 Å². The first kappa shape index (κ1) is 61.3. The third kappa shape index (κ3) is 19.4. The Morgan fingerprint density at radius 3 is 1.43 bits per heavy atom. The van der Waals surface area contributed by atoms with E-state index in [-0.39, 0.29) is 52.9 Å². The summed E-state index contributed by atoms with van der Waals surface area (Å²) in [6.45, 7) is 8.58. The zero-order valence-corrected chi connectivity index (χ0v) is 46.6. The highest BCUT2D eigenvalue weighted by Crippen LogP contribution is 2.39. The van der Waals surface area contributed by atoms with E-state index in [1.54, 1.807) is 60.7 Å². The number of unbranched alkanes of at least 4 members (excludes halogenated alkanes) is 6. The van der Waals surface area contributed by atoms with Crippen LogP contribution < -0.4 is 23.7 Å². The lowest BCUT2D eigenvalue weighted by Gasteiger charge is -2.26. The maximum Gasteiger partial charge on any atom is 0.330 e. The number of nitro groups is 1. The number of hydrogen-bond donors (Lipinski definition) is 0. The first-order valence-electron chi connectivity index (χ1n) is 27.8. The number of ether oxygens (including phenoxy) is 8. The summed E-state index contributed by atoms with van der Waals surface area (Å²) in [5.74, 6) is -1.71. The van der Waals surface area contributed by atoms with Gasteiger partial charge in [-0.2, -0.15) is 0 Å². The van der Waals surface area contributed by atoms with Crippen LogP contribution in [0.5, 0.6) is 28.7 Å². The second-order valence-electron chi connectivity index (χ2n) is 19.9. The Hall–Kier alpha value is -8.33. The van der Waals surface area contributed by atoms with Crippen molar-refractivity contribution >= 4 is 73.9 Å². The van der Waals surface area contributed by atoms with Crippen molar-refractivity contribution in [2.24, 2.45) is 33.9 Å². The molecule has 0 unspecified atom stereocenters. The number of thiazole rings is 1. The molecular weight excluding hydrogens is 1080 g/mol. The molecule has 1 heterocycles. The molecule has 4 aromatic carbocycles. The molecule has 0 N–H and O–H groups in total. The molecule has 0 saturated heterocycles. The van der Waals surface area contributed by atoms with Gasteiger partial charge < -0.3 is 37.9 Å². The van der Waals surface area contributed by atoms with Crippen LogP contribution in [-0.4, -0.2) is 78.8 Å². The number of carbonyl (C=O) groups is 6. The van der Waals surface area contributed by atoms with E-state index in [1.807, 2.05) is 0 Å². The largest absolute Gasteiger partial charge is 0.494 e. The van der Waals surface area contributed by atoms with E-state index in [2.05, 4.69) is 28.4 Å². The molecule has 0 spiro atoms. The van der Waals surface area contributed by atoms with Crippen LogP contribution in [-0.2, 0) is 49.4 Å². The van der Waals surface area contributed by atoms with Crippen molar-refractivity contribution in [3.8, 4) is 28.7 Å². The van der Waals surface area contributed by atoms with Crippen LogP contribution in [0.1, 0.15) is 108 Å². The number of nitrogens with zero attached hydrogens (tertiary/aromatic N) is 4. The quantitative estimate of drug-likeness (QED) is 0.00584. The van der Waals surface area contributed by atoms with E-state index in [9.17, 15) is 38.9 Å². The number of non-ortho nitro benzene ring substituents is 1. The second-order valence-corrected chi connectivity index (χ2v) is 20.8. The summed E-state index contributed by atoms with van der Waals surface area (Å²) in [5.41, 5.74) is 1.38. The maximum atomic E-state index is 13.7. The number of fused-ring (bicyclic) bond motifs is 1. The molecule has 434 valence electrons. The molecule has 0 atom stereocenters. The second kappa shape index (κ2) is 32.2. The molecule has 2 saturated carbocycles. The molecule has 2 fully saturated rings. The predicted octanol–water partition coefficient (Wildman–Crippen LogP) is 12.8. The monoisotopic (exact) mass is 1140 g/mol. The molecule has 5 aromatic rings. The Bertz CT molecular complexity index is 3000. The number of hydrogen-bond acceptors (Lipinski definition) is 20. The number of nitro benzene ring substituents is 1. The number of benzene rings is 4. The van der Waals surface area contributed by atoms with Gasteiger partial charge in [-0.25, -0.2) is 14.6 Å².